The summed E-state index contributed by atoms with van der Waals surface area (Å²) in [6.45, 7) is 3.72. The van der Waals surface area contributed by atoms with Crippen LogP contribution in [0.4, 0.5) is 0 Å². The van der Waals surface area contributed by atoms with E-state index in [0.29, 0.717) is 5.91 Å². The van der Waals surface area contributed by atoms with Gasteiger partial charge in [0.1, 0.15) is 0 Å². The molecule has 4 heteroatoms. The van der Waals surface area contributed by atoms with Crippen molar-refractivity contribution in [3.8, 4) is 0 Å². The molecule has 0 saturated carbocycles. The molecule has 2 nitrogen and oxygen atoms in total. The lowest BCUT2D eigenvalue weighted by molar-refractivity contribution is -0.130. The summed E-state index contributed by atoms with van der Waals surface area (Å²) >= 11 is 5.18. The summed E-state index contributed by atoms with van der Waals surface area (Å²) in [6, 6.07) is 0. The molecule has 0 radical (unpaired) electrons. The molecule has 13 heavy (non-hydrogen) atoms. The fourth-order valence-electron chi connectivity index (χ4n) is 1.50. The van der Waals surface area contributed by atoms with Crippen LogP contribution in [-0.4, -0.2) is 40.2 Å². The van der Waals surface area contributed by atoms with Gasteiger partial charge in [0.15, 0.2) is 0 Å². The van der Waals surface area contributed by atoms with Crippen molar-refractivity contribution in [2.45, 2.75) is 25.0 Å². The number of rotatable bonds is 4. The Bertz CT molecular complexity index is 171. The summed E-state index contributed by atoms with van der Waals surface area (Å²) in [5.74, 6) is 1.49. The molecular formula is C9H16BrNOS. The first-order valence-electron chi connectivity index (χ1n) is 4.76. The van der Waals surface area contributed by atoms with Gasteiger partial charge in [0.05, 0.1) is 5.25 Å². The van der Waals surface area contributed by atoms with Crippen LogP contribution in [0.5, 0.6) is 0 Å². The van der Waals surface area contributed by atoms with Crippen LogP contribution in [0.1, 0.15) is 19.8 Å². The van der Waals surface area contributed by atoms with Gasteiger partial charge in [-0.05, 0) is 25.5 Å². The van der Waals surface area contributed by atoms with Crippen LogP contribution in [0.2, 0.25) is 0 Å². The van der Waals surface area contributed by atoms with Gasteiger partial charge in [-0.2, -0.15) is 0 Å². The van der Waals surface area contributed by atoms with E-state index in [4.69, 9.17) is 0 Å². The number of hydrogen-bond acceptors (Lipinski definition) is 2. The highest BCUT2D eigenvalue weighted by molar-refractivity contribution is 9.09. The van der Waals surface area contributed by atoms with Gasteiger partial charge < -0.3 is 4.90 Å². The largest absolute Gasteiger partial charge is 0.341 e. The van der Waals surface area contributed by atoms with Crippen LogP contribution in [0.3, 0.4) is 0 Å². The number of halogens is 1. The number of hydrogen-bond donors (Lipinski definition) is 0. The lowest BCUT2D eigenvalue weighted by Crippen LogP contribution is -2.37. The van der Waals surface area contributed by atoms with Crippen molar-refractivity contribution in [1.82, 2.24) is 4.90 Å². The molecule has 76 valence electrons. The quantitative estimate of drug-likeness (QED) is 0.726. The molecule has 1 aliphatic heterocycles. The second-order valence-electron chi connectivity index (χ2n) is 3.11. The third-order valence-electron chi connectivity index (χ3n) is 2.25. The third kappa shape index (κ3) is 3.17. The van der Waals surface area contributed by atoms with Crippen LogP contribution in [0.25, 0.3) is 0 Å². The van der Waals surface area contributed by atoms with E-state index in [2.05, 4.69) is 15.9 Å². The van der Waals surface area contributed by atoms with Crippen molar-refractivity contribution in [2.24, 2.45) is 0 Å². The fourth-order valence-corrected chi connectivity index (χ4v) is 3.17. The molecule has 0 aromatic rings. The van der Waals surface area contributed by atoms with Crippen molar-refractivity contribution in [3.63, 3.8) is 0 Å². The predicted octanol–water partition coefficient (Wildman–Crippen LogP) is 2.13. The SMILES string of the molecule is CCN(CCBr)C(=O)C1CCCS1. The number of carbonyl (C=O) groups excluding carboxylic acids is 1. The number of alkyl halides is 1. The summed E-state index contributed by atoms with van der Waals surface area (Å²) in [5, 5.41) is 1.13. The molecule has 1 saturated heterocycles. The van der Waals surface area contributed by atoms with Gasteiger partial charge >= 0.3 is 0 Å². The van der Waals surface area contributed by atoms with Gasteiger partial charge in [0.2, 0.25) is 5.91 Å². The number of amides is 1. The molecule has 1 aliphatic rings. The first kappa shape index (κ1) is 11.4. The maximum atomic E-state index is 11.9. The van der Waals surface area contributed by atoms with Gasteiger partial charge in [0, 0.05) is 18.4 Å². The van der Waals surface area contributed by atoms with Crippen LogP contribution in [-0.2, 0) is 4.79 Å². The highest BCUT2D eigenvalue weighted by atomic mass is 79.9. The minimum Gasteiger partial charge on any atom is -0.341 e. The Morgan fingerprint density at radius 2 is 2.46 bits per heavy atom. The van der Waals surface area contributed by atoms with E-state index in [-0.39, 0.29) is 5.25 Å². The molecule has 1 fully saturated rings. The molecular weight excluding hydrogens is 250 g/mol. The van der Waals surface area contributed by atoms with E-state index in [1.807, 2.05) is 23.6 Å². The van der Waals surface area contributed by atoms with E-state index in [0.717, 1.165) is 30.6 Å². The standard InChI is InChI=1S/C9H16BrNOS/c1-2-11(6-5-10)9(12)8-4-3-7-13-8/h8H,2-7H2,1H3. The molecule has 1 heterocycles. The highest BCUT2D eigenvalue weighted by Crippen LogP contribution is 2.27. The predicted molar refractivity (Wildman–Crippen MR) is 61.5 cm³/mol. The Morgan fingerprint density at radius 3 is 2.92 bits per heavy atom. The van der Waals surface area contributed by atoms with Crippen molar-refractivity contribution in [1.29, 1.82) is 0 Å². The molecule has 0 spiro atoms. The minimum absolute atomic E-state index is 0.249. The van der Waals surface area contributed by atoms with Crippen molar-refractivity contribution < 1.29 is 4.79 Å². The van der Waals surface area contributed by atoms with E-state index in [1.165, 1.54) is 6.42 Å². The molecule has 0 aromatic heterocycles. The second kappa shape index (κ2) is 5.91. The Kier molecular flexibility index (Phi) is 5.17. The fraction of sp³-hybridized carbons (Fsp3) is 0.889. The topological polar surface area (TPSA) is 20.3 Å². The van der Waals surface area contributed by atoms with E-state index in [1.54, 1.807) is 0 Å². The maximum absolute atomic E-state index is 11.9. The molecule has 0 aromatic carbocycles. The Morgan fingerprint density at radius 1 is 1.69 bits per heavy atom. The van der Waals surface area contributed by atoms with Crippen molar-refractivity contribution in [2.75, 3.05) is 24.2 Å². The van der Waals surface area contributed by atoms with Gasteiger partial charge in [-0.3, -0.25) is 4.79 Å². The summed E-state index contributed by atoms with van der Waals surface area (Å²) in [6.07, 6.45) is 2.27. The van der Waals surface area contributed by atoms with E-state index >= 15 is 0 Å². The van der Waals surface area contributed by atoms with Crippen LogP contribution in [0.15, 0.2) is 0 Å². The minimum atomic E-state index is 0.249. The molecule has 1 unspecified atom stereocenters. The van der Waals surface area contributed by atoms with Crippen LogP contribution >= 0.6 is 27.7 Å². The molecule has 1 atom stereocenters. The molecule has 0 N–H and O–H groups in total. The maximum Gasteiger partial charge on any atom is 0.235 e. The van der Waals surface area contributed by atoms with Gasteiger partial charge in [-0.1, -0.05) is 15.9 Å². The van der Waals surface area contributed by atoms with E-state index in [9.17, 15) is 4.79 Å². The van der Waals surface area contributed by atoms with E-state index < -0.39 is 0 Å². The van der Waals surface area contributed by atoms with Gasteiger partial charge in [-0.25, -0.2) is 0 Å². The average molecular weight is 266 g/mol. The second-order valence-corrected chi connectivity index (χ2v) is 5.21. The number of nitrogens with zero attached hydrogens (tertiary/aromatic N) is 1. The monoisotopic (exact) mass is 265 g/mol. The van der Waals surface area contributed by atoms with Gasteiger partial charge in [-0.15, -0.1) is 11.8 Å². The lowest BCUT2D eigenvalue weighted by atomic mass is 10.2. The molecule has 1 amide bonds. The smallest absolute Gasteiger partial charge is 0.235 e. The van der Waals surface area contributed by atoms with Crippen LogP contribution < -0.4 is 0 Å². The Balaban J connectivity index is 2.42. The Hall–Kier alpha value is 0.300. The number of carbonyl (C=O) groups is 1. The number of thioether (sulfide) groups is 1. The zero-order valence-electron chi connectivity index (χ0n) is 7.96. The molecule has 1 rings (SSSR count). The summed E-state index contributed by atoms with van der Waals surface area (Å²) in [5.41, 5.74) is 0. The van der Waals surface area contributed by atoms with Crippen molar-refractivity contribution >= 4 is 33.6 Å². The molecule has 0 bridgehead atoms. The zero-order chi connectivity index (χ0) is 9.68. The van der Waals surface area contributed by atoms with Gasteiger partial charge in [0.25, 0.3) is 0 Å². The first-order chi connectivity index (χ1) is 6.29. The normalized spacial score (nSPS) is 21.8. The molecule has 0 aliphatic carbocycles. The third-order valence-corrected chi connectivity index (χ3v) is 3.97. The van der Waals surface area contributed by atoms with Crippen molar-refractivity contribution in [3.05, 3.63) is 0 Å². The summed E-state index contributed by atoms with van der Waals surface area (Å²) in [4.78, 5) is 13.8. The summed E-state index contributed by atoms with van der Waals surface area (Å²) in [7, 11) is 0. The Labute approximate surface area is 92.6 Å². The lowest BCUT2D eigenvalue weighted by Gasteiger charge is -2.22. The zero-order valence-corrected chi connectivity index (χ0v) is 10.4. The summed E-state index contributed by atoms with van der Waals surface area (Å²) < 4.78 is 0. The van der Waals surface area contributed by atoms with Crippen LogP contribution in [0, 0.1) is 0 Å². The highest BCUT2D eigenvalue weighted by Gasteiger charge is 2.26. The average Bonchev–Trinajstić information content (AvgIpc) is 2.65. The first-order valence-corrected chi connectivity index (χ1v) is 6.93.